The van der Waals surface area contributed by atoms with E-state index >= 15 is 0 Å². The summed E-state index contributed by atoms with van der Waals surface area (Å²) >= 11 is 0. The van der Waals surface area contributed by atoms with Crippen molar-refractivity contribution in [3.05, 3.63) is 42.1 Å². The Hall–Kier alpha value is -3.38. The number of hydrogen-bond acceptors (Lipinski definition) is 7. The van der Waals surface area contributed by atoms with Gasteiger partial charge in [-0.15, -0.1) is 0 Å². The molecule has 186 valence electrons. The highest BCUT2D eigenvalue weighted by Crippen LogP contribution is 2.35. The zero-order valence-electron chi connectivity index (χ0n) is 20.1. The summed E-state index contributed by atoms with van der Waals surface area (Å²) in [5.74, 6) is -0.411. The van der Waals surface area contributed by atoms with Crippen molar-refractivity contribution in [1.82, 2.24) is 15.1 Å². The van der Waals surface area contributed by atoms with Crippen LogP contribution in [0.2, 0.25) is 0 Å². The molecule has 0 bridgehead atoms. The number of primary amides is 1. The van der Waals surface area contributed by atoms with E-state index in [0.717, 1.165) is 0 Å². The third kappa shape index (κ3) is 7.06. The first-order valence-corrected chi connectivity index (χ1v) is 12.4. The van der Waals surface area contributed by atoms with Crippen LogP contribution in [0.25, 0.3) is 11.3 Å². The Bertz CT molecular complexity index is 1160. The zero-order chi connectivity index (χ0) is 25.5. The van der Waals surface area contributed by atoms with Gasteiger partial charge in [-0.2, -0.15) is 5.10 Å². The number of nitrogens with two attached hydrogens (primary N) is 2. The largest absolute Gasteiger partial charge is 0.384 e. The minimum atomic E-state index is -3.42. The maximum Gasteiger partial charge on any atom is 0.254 e. The molecule has 0 atom stereocenters. The van der Waals surface area contributed by atoms with Crippen molar-refractivity contribution in [2.45, 2.75) is 40.2 Å². The molecule has 2 rings (SSSR count). The van der Waals surface area contributed by atoms with Crippen molar-refractivity contribution in [1.29, 1.82) is 0 Å². The van der Waals surface area contributed by atoms with Crippen LogP contribution in [0.5, 0.6) is 0 Å². The number of benzene rings is 1. The predicted octanol–water partition coefficient (Wildman–Crippen LogP) is 2.25. The topological polar surface area (TPSA) is 167 Å². The number of carbonyl (C=O) groups excluding carboxylic acids is 1. The number of ether oxygens (including phenoxy) is 1. The quantitative estimate of drug-likeness (QED) is 0.162. The van der Waals surface area contributed by atoms with Crippen molar-refractivity contribution in [2.75, 3.05) is 23.8 Å². The van der Waals surface area contributed by atoms with Gasteiger partial charge in [0.15, 0.2) is 5.82 Å². The molecule has 6 N–H and O–H groups in total. The number of sulfonamides is 1. The third-order valence-corrected chi connectivity index (χ3v) is 5.86. The van der Waals surface area contributed by atoms with E-state index in [0.29, 0.717) is 30.3 Å². The minimum Gasteiger partial charge on any atom is -0.384 e. The molecule has 0 spiro atoms. The highest BCUT2D eigenvalue weighted by Gasteiger charge is 2.28. The molecule has 0 unspecified atom stereocenters. The number of rotatable bonds is 11. The summed E-state index contributed by atoms with van der Waals surface area (Å²) in [6, 6.07) is 6.49. The van der Waals surface area contributed by atoms with E-state index in [2.05, 4.69) is 20.1 Å². The van der Waals surface area contributed by atoms with Crippen molar-refractivity contribution in [3.8, 4) is 11.3 Å². The molecule has 2 aromatic rings. The Morgan fingerprint density at radius 1 is 1.21 bits per heavy atom. The normalized spacial score (nSPS) is 12.8. The highest BCUT2D eigenvalue weighted by atomic mass is 32.2. The molecular formula is C22H33N7O4S. The molecule has 0 aliphatic rings. The molecule has 1 aromatic carbocycles. The fourth-order valence-electron chi connectivity index (χ4n) is 2.87. The van der Waals surface area contributed by atoms with Crippen molar-refractivity contribution in [3.63, 3.8) is 0 Å². The first-order valence-electron chi connectivity index (χ1n) is 10.8. The Kier molecular flexibility index (Phi) is 8.82. The number of hydrogen-bond donors (Lipinski definition) is 4. The van der Waals surface area contributed by atoms with Crippen LogP contribution in [0, 0.1) is 0 Å². The van der Waals surface area contributed by atoms with Crippen LogP contribution in [0.1, 0.15) is 45.0 Å². The number of anilines is 1. The predicted molar refractivity (Wildman–Crippen MR) is 134 cm³/mol. The van der Waals surface area contributed by atoms with Crippen LogP contribution in [0.15, 0.2) is 41.5 Å². The number of amidine groups is 1. The van der Waals surface area contributed by atoms with Gasteiger partial charge < -0.3 is 21.5 Å². The number of nitrogens with one attached hydrogen (secondary N) is 2. The molecule has 11 nitrogen and oxygen atoms in total. The smallest absolute Gasteiger partial charge is 0.254 e. The molecule has 0 aliphatic heterocycles. The second-order valence-electron chi connectivity index (χ2n) is 8.29. The van der Waals surface area contributed by atoms with E-state index in [1.165, 1.54) is 6.08 Å². The van der Waals surface area contributed by atoms with Gasteiger partial charge in [-0.3, -0.25) is 9.52 Å². The Morgan fingerprint density at radius 3 is 2.38 bits per heavy atom. The lowest BCUT2D eigenvalue weighted by molar-refractivity contribution is 0.100. The van der Waals surface area contributed by atoms with E-state index in [4.69, 9.17) is 16.2 Å². The summed E-state index contributed by atoms with van der Waals surface area (Å²) in [5.41, 5.74) is 12.6. The van der Waals surface area contributed by atoms with Crippen LogP contribution in [-0.4, -0.2) is 49.0 Å². The lowest BCUT2D eigenvalue weighted by atomic mass is 10.1. The average molecular weight is 492 g/mol. The molecule has 0 fully saturated rings. The summed E-state index contributed by atoms with van der Waals surface area (Å²) in [6.45, 7) is 10.1. The molecular weight excluding hydrogens is 458 g/mol. The zero-order valence-corrected chi connectivity index (χ0v) is 20.9. The molecule has 12 heteroatoms. The van der Waals surface area contributed by atoms with Gasteiger partial charge in [0.1, 0.15) is 23.8 Å². The highest BCUT2D eigenvalue weighted by molar-refractivity contribution is 7.92. The van der Waals surface area contributed by atoms with Gasteiger partial charge in [0.05, 0.1) is 11.3 Å². The third-order valence-electron chi connectivity index (χ3n) is 4.55. The van der Waals surface area contributed by atoms with Crippen molar-refractivity contribution >= 4 is 33.3 Å². The lowest BCUT2D eigenvalue weighted by Gasteiger charge is -2.21. The Labute approximate surface area is 200 Å². The lowest BCUT2D eigenvalue weighted by Crippen LogP contribution is -2.24. The fraction of sp³-hybridized carbons (Fsp3) is 0.409. The molecule has 0 saturated heterocycles. The minimum absolute atomic E-state index is 0.0467. The molecule has 0 aliphatic carbocycles. The van der Waals surface area contributed by atoms with Gasteiger partial charge in [0.25, 0.3) is 5.91 Å². The number of aliphatic imine (C=N–C) groups is 1. The van der Waals surface area contributed by atoms with Crippen LogP contribution < -0.4 is 21.5 Å². The second kappa shape index (κ2) is 11.2. The van der Waals surface area contributed by atoms with Gasteiger partial charge in [0.2, 0.25) is 10.0 Å². The van der Waals surface area contributed by atoms with E-state index in [1.54, 1.807) is 42.1 Å². The van der Waals surface area contributed by atoms with Crippen molar-refractivity contribution < 1.29 is 17.9 Å². The van der Waals surface area contributed by atoms with E-state index in [1.807, 2.05) is 27.7 Å². The van der Waals surface area contributed by atoms with E-state index in [9.17, 15) is 13.2 Å². The van der Waals surface area contributed by atoms with Crippen LogP contribution in [-0.2, 0) is 20.3 Å². The number of amides is 1. The van der Waals surface area contributed by atoms with Crippen LogP contribution in [0.3, 0.4) is 0 Å². The summed E-state index contributed by atoms with van der Waals surface area (Å²) in [6.07, 6.45) is 3.13. The summed E-state index contributed by atoms with van der Waals surface area (Å²) < 4.78 is 32.9. The molecule has 1 heterocycles. The number of nitrogens with zero attached hydrogens (tertiary/aromatic N) is 3. The van der Waals surface area contributed by atoms with E-state index in [-0.39, 0.29) is 23.0 Å². The summed E-state index contributed by atoms with van der Waals surface area (Å²) in [5, 5.41) is 7.54. The Morgan fingerprint density at radius 2 is 1.85 bits per heavy atom. The van der Waals surface area contributed by atoms with Gasteiger partial charge >= 0.3 is 0 Å². The second-order valence-corrected chi connectivity index (χ2v) is 10.3. The van der Waals surface area contributed by atoms with Gasteiger partial charge in [-0.25, -0.2) is 18.1 Å². The molecule has 34 heavy (non-hydrogen) atoms. The van der Waals surface area contributed by atoms with Crippen LogP contribution >= 0.6 is 0 Å². The first kappa shape index (κ1) is 26.9. The van der Waals surface area contributed by atoms with Gasteiger partial charge in [-0.1, -0.05) is 12.1 Å². The first-order chi connectivity index (χ1) is 15.9. The maximum atomic E-state index is 12.5. The summed E-state index contributed by atoms with van der Waals surface area (Å²) in [7, 11) is -3.42. The summed E-state index contributed by atoms with van der Waals surface area (Å²) in [4.78, 5) is 16.9. The number of carbonyl (C=O) groups is 1. The molecule has 1 aromatic heterocycles. The average Bonchev–Trinajstić information content (AvgIpc) is 3.13. The standard InChI is InChI=1S/C22H33N7O4S/c1-6-33-14-25-13-12-17(23)26-21-18(20(24)30)19(27-29(21)22(3,4)5)15-8-10-16(11-9-15)28-34(31,32)7-2/h8-13,25,28H,6-7,14H2,1-5H3,(H2,23,26)(H2,24,30). The molecule has 1 amide bonds. The maximum absolute atomic E-state index is 12.5. The fourth-order valence-corrected chi connectivity index (χ4v) is 3.51. The molecule has 0 saturated carbocycles. The molecule has 0 radical (unpaired) electrons. The Balaban J connectivity index is 2.53. The van der Waals surface area contributed by atoms with Crippen LogP contribution in [0.4, 0.5) is 11.5 Å². The SMILES string of the molecule is CCOCNC=CC(N)=Nc1c(C(N)=O)c(-c2ccc(NS(=O)(=O)CC)cc2)nn1C(C)(C)C. The number of aromatic nitrogens is 2. The van der Waals surface area contributed by atoms with Gasteiger partial charge in [0, 0.05) is 24.1 Å². The van der Waals surface area contributed by atoms with E-state index < -0.39 is 21.5 Å². The van der Waals surface area contributed by atoms with Gasteiger partial charge in [-0.05, 0) is 52.8 Å². The monoisotopic (exact) mass is 491 g/mol. The van der Waals surface area contributed by atoms with Crippen molar-refractivity contribution in [2.24, 2.45) is 16.5 Å².